The van der Waals surface area contributed by atoms with Crippen LogP contribution in [0.2, 0.25) is 10.2 Å². The SMILES string of the molecule is Cc1ccc(C(=O)N2CCC3(CCC(COCc4ccccc4)N3C(=O)c3nc(Cl)ccc3F)CC2)cc1Cl. The Kier molecular flexibility index (Phi) is 8.21. The maximum atomic E-state index is 14.8. The van der Waals surface area contributed by atoms with Gasteiger partial charge in [0.15, 0.2) is 11.5 Å². The number of amides is 2. The molecule has 1 aromatic heterocycles. The second kappa shape index (κ2) is 11.6. The summed E-state index contributed by atoms with van der Waals surface area (Å²) in [5.74, 6) is -1.29. The van der Waals surface area contributed by atoms with Crippen molar-refractivity contribution in [1.29, 1.82) is 0 Å². The monoisotopic (exact) mass is 569 g/mol. The van der Waals surface area contributed by atoms with Crippen molar-refractivity contribution in [1.82, 2.24) is 14.8 Å². The first-order valence-electron chi connectivity index (χ1n) is 13.1. The van der Waals surface area contributed by atoms with E-state index in [2.05, 4.69) is 4.98 Å². The number of piperidine rings is 1. The summed E-state index contributed by atoms with van der Waals surface area (Å²) in [6.45, 7) is 3.56. The summed E-state index contributed by atoms with van der Waals surface area (Å²) in [5.41, 5.74) is 1.67. The predicted molar refractivity (Wildman–Crippen MR) is 149 cm³/mol. The molecule has 0 bridgehead atoms. The molecule has 2 saturated heterocycles. The van der Waals surface area contributed by atoms with Gasteiger partial charge in [0.25, 0.3) is 11.8 Å². The molecule has 1 atom stereocenters. The molecule has 2 aromatic carbocycles. The fourth-order valence-electron chi connectivity index (χ4n) is 5.71. The van der Waals surface area contributed by atoms with Gasteiger partial charge in [0, 0.05) is 29.2 Å². The zero-order chi connectivity index (χ0) is 27.6. The fourth-order valence-corrected chi connectivity index (χ4v) is 6.03. The molecule has 2 aliphatic rings. The highest BCUT2D eigenvalue weighted by atomic mass is 35.5. The molecule has 2 amide bonds. The van der Waals surface area contributed by atoms with Crippen LogP contribution in [-0.2, 0) is 11.3 Å². The molecular formula is C30H30Cl2FN3O3. The van der Waals surface area contributed by atoms with Gasteiger partial charge in [-0.2, -0.15) is 0 Å². The van der Waals surface area contributed by atoms with E-state index in [4.69, 9.17) is 27.9 Å². The van der Waals surface area contributed by atoms with Crippen molar-refractivity contribution in [2.75, 3.05) is 19.7 Å². The van der Waals surface area contributed by atoms with Crippen LogP contribution in [0, 0.1) is 12.7 Å². The Morgan fingerprint density at radius 1 is 1.03 bits per heavy atom. The van der Waals surface area contributed by atoms with Crippen molar-refractivity contribution in [3.63, 3.8) is 0 Å². The van der Waals surface area contributed by atoms with Crippen LogP contribution in [0.25, 0.3) is 0 Å². The molecule has 3 heterocycles. The molecule has 0 saturated carbocycles. The van der Waals surface area contributed by atoms with E-state index in [0.717, 1.165) is 17.5 Å². The van der Waals surface area contributed by atoms with Gasteiger partial charge in [0.05, 0.1) is 19.3 Å². The van der Waals surface area contributed by atoms with Crippen LogP contribution in [-0.4, -0.2) is 57.9 Å². The summed E-state index contributed by atoms with van der Waals surface area (Å²) in [7, 11) is 0. The number of aryl methyl sites for hydroxylation is 1. The van der Waals surface area contributed by atoms with E-state index in [-0.39, 0.29) is 22.8 Å². The Labute approximate surface area is 237 Å². The molecule has 3 aromatic rings. The lowest BCUT2D eigenvalue weighted by Crippen LogP contribution is -2.57. The normalized spacial score (nSPS) is 18.5. The number of rotatable bonds is 6. The lowest BCUT2D eigenvalue weighted by atomic mass is 9.84. The summed E-state index contributed by atoms with van der Waals surface area (Å²) in [5, 5.41) is 0.610. The standard InChI is InChI=1S/C30H30Cl2FN3O3/c1-20-7-8-22(17-24(20)31)28(37)35-15-13-30(14-16-35)12-11-23(19-39-18-21-5-3-2-4-6-21)36(30)29(38)27-25(33)9-10-26(32)34-27/h2-10,17,23H,11-16,18-19H2,1H3. The smallest absolute Gasteiger partial charge is 0.276 e. The predicted octanol–water partition coefficient (Wildman–Crippen LogP) is 6.33. The first-order valence-corrected chi connectivity index (χ1v) is 13.9. The summed E-state index contributed by atoms with van der Waals surface area (Å²) < 4.78 is 20.8. The zero-order valence-electron chi connectivity index (χ0n) is 21.7. The number of hydrogen-bond acceptors (Lipinski definition) is 4. The minimum Gasteiger partial charge on any atom is -0.375 e. The Morgan fingerprint density at radius 2 is 1.77 bits per heavy atom. The van der Waals surface area contributed by atoms with Gasteiger partial charge in [0.2, 0.25) is 0 Å². The van der Waals surface area contributed by atoms with Crippen LogP contribution in [0.4, 0.5) is 4.39 Å². The molecule has 0 aliphatic carbocycles. The second-order valence-electron chi connectivity index (χ2n) is 10.3. The lowest BCUT2D eigenvalue weighted by Gasteiger charge is -2.46. The molecule has 2 aliphatic heterocycles. The highest BCUT2D eigenvalue weighted by Gasteiger charge is 2.51. The van der Waals surface area contributed by atoms with E-state index in [9.17, 15) is 14.0 Å². The Morgan fingerprint density at radius 3 is 2.49 bits per heavy atom. The highest BCUT2D eigenvalue weighted by molar-refractivity contribution is 6.31. The minimum atomic E-state index is -0.709. The molecule has 1 spiro atoms. The summed E-state index contributed by atoms with van der Waals surface area (Å²) in [4.78, 5) is 34.7. The third-order valence-electron chi connectivity index (χ3n) is 7.87. The van der Waals surface area contributed by atoms with Gasteiger partial charge in [-0.05, 0) is 68.0 Å². The van der Waals surface area contributed by atoms with Crippen LogP contribution in [0.15, 0.2) is 60.7 Å². The van der Waals surface area contributed by atoms with E-state index in [1.54, 1.807) is 21.9 Å². The van der Waals surface area contributed by atoms with Crippen LogP contribution in [0.1, 0.15) is 57.7 Å². The molecule has 39 heavy (non-hydrogen) atoms. The number of benzene rings is 2. The summed E-state index contributed by atoms with van der Waals surface area (Å²) in [6, 6.07) is 17.4. The number of carbonyl (C=O) groups excluding carboxylic acids is 2. The Balaban J connectivity index is 1.35. The van der Waals surface area contributed by atoms with Crippen molar-refractivity contribution in [2.24, 2.45) is 0 Å². The van der Waals surface area contributed by atoms with E-state index < -0.39 is 17.3 Å². The minimum absolute atomic E-state index is 0.0575. The Hall–Kier alpha value is -3.00. The maximum Gasteiger partial charge on any atom is 0.276 e. The number of aromatic nitrogens is 1. The van der Waals surface area contributed by atoms with E-state index in [0.29, 0.717) is 56.2 Å². The number of likely N-dealkylation sites (tertiary alicyclic amines) is 2. The van der Waals surface area contributed by atoms with Crippen molar-refractivity contribution in [2.45, 2.75) is 50.8 Å². The van der Waals surface area contributed by atoms with Crippen LogP contribution >= 0.6 is 23.2 Å². The molecule has 0 N–H and O–H groups in total. The molecule has 6 nitrogen and oxygen atoms in total. The quantitative estimate of drug-likeness (QED) is 0.325. The zero-order valence-corrected chi connectivity index (χ0v) is 23.2. The van der Waals surface area contributed by atoms with Crippen molar-refractivity contribution in [3.05, 3.63) is 99.0 Å². The number of hydrogen-bond donors (Lipinski definition) is 0. The average molecular weight is 570 g/mol. The van der Waals surface area contributed by atoms with Gasteiger partial charge in [0.1, 0.15) is 5.15 Å². The van der Waals surface area contributed by atoms with E-state index in [1.165, 1.54) is 12.1 Å². The molecule has 0 radical (unpaired) electrons. The number of pyridine rings is 1. The molecule has 5 rings (SSSR count). The first-order chi connectivity index (χ1) is 18.8. The van der Waals surface area contributed by atoms with Crippen molar-refractivity contribution < 1.29 is 18.7 Å². The van der Waals surface area contributed by atoms with Crippen molar-refractivity contribution >= 4 is 35.0 Å². The van der Waals surface area contributed by atoms with E-state index >= 15 is 0 Å². The average Bonchev–Trinajstić information content (AvgIpc) is 3.29. The maximum absolute atomic E-state index is 14.8. The van der Waals surface area contributed by atoms with Gasteiger partial charge < -0.3 is 14.5 Å². The van der Waals surface area contributed by atoms with E-state index in [1.807, 2.05) is 43.3 Å². The second-order valence-corrected chi connectivity index (χ2v) is 11.1. The molecule has 1 unspecified atom stereocenters. The third-order valence-corrected chi connectivity index (χ3v) is 8.49. The molecule has 9 heteroatoms. The highest BCUT2D eigenvalue weighted by Crippen LogP contribution is 2.43. The van der Waals surface area contributed by atoms with Crippen LogP contribution in [0.3, 0.4) is 0 Å². The van der Waals surface area contributed by atoms with Gasteiger partial charge in [-0.3, -0.25) is 9.59 Å². The molecular weight excluding hydrogens is 540 g/mol. The number of halogens is 3. The van der Waals surface area contributed by atoms with Crippen LogP contribution in [0.5, 0.6) is 0 Å². The first kappa shape index (κ1) is 27.6. The largest absolute Gasteiger partial charge is 0.375 e. The summed E-state index contributed by atoms with van der Waals surface area (Å²) in [6.07, 6.45) is 2.59. The lowest BCUT2D eigenvalue weighted by molar-refractivity contribution is 0.00438. The van der Waals surface area contributed by atoms with Gasteiger partial charge in [-0.25, -0.2) is 9.37 Å². The Bertz CT molecular complexity index is 1360. The van der Waals surface area contributed by atoms with Crippen LogP contribution < -0.4 is 0 Å². The molecule has 2 fully saturated rings. The van der Waals surface area contributed by atoms with Gasteiger partial charge >= 0.3 is 0 Å². The number of nitrogens with zero attached hydrogens (tertiary/aromatic N) is 3. The third kappa shape index (κ3) is 5.81. The summed E-state index contributed by atoms with van der Waals surface area (Å²) >= 11 is 12.3. The topological polar surface area (TPSA) is 62.7 Å². The fraction of sp³-hybridized carbons (Fsp3) is 0.367. The number of ether oxygens (including phenoxy) is 1. The van der Waals surface area contributed by atoms with Gasteiger partial charge in [-0.15, -0.1) is 0 Å². The number of carbonyl (C=O) groups is 2. The van der Waals surface area contributed by atoms with Crippen molar-refractivity contribution in [3.8, 4) is 0 Å². The molecule has 204 valence electrons. The van der Waals surface area contributed by atoms with Gasteiger partial charge in [-0.1, -0.05) is 59.6 Å².